The Kier molecular flexibility index (Phi) is 3.28. The molecule has 0 radical (unpaired) electrons. The van der Waals surface area contributed by atoms with E-state index in [0.717, 1.165) is 0 Å². The molecule has 46 valence electrons. The van der Waals surface area contributed by atoms with Gasteiger partial charge in [0.05, 0.1) is 5.03 Å². The van der Waals surface area contributed by atoms with Crippen LogP contribution < -0.4 is 5.73 Å². The lowest BCUT2D eigenvalue weighted by molar-refractivity contribution is 1.40. The number of aliphatic imine (C=N–C) groups is 1. The molecule has 2 nitrogen and oxygen atoms in total. The highest BCUT2D eigenvalue weighted by Gasteiger charge is 1.91. The van der Waals surface area contributed by atoms with Crippen LogP contribution >= 0.6 is 11.6 Å². The zero-order valence-corrected chi connectivity index (χ0v) is 5.74. The number of halogens is 1. The summed E-state index contributed by atoms with van der Waals surface area (Å²) in [5.41, 5.74) is 5.28. The largest absolute Gasteiger partial charge is 0.383 e. The smallest absolute Gasteiger partial charge is 0.136 e. The van der Waals surface area contributed by atoms with Gasteiger partial charge >= 0.3 is 0 Å². The van der Waals surface area contributed by atoms with E-state index in [2.05, 4.69) is 4.99 Å². The van der Waals surface area contributed by atoms with Crippen molar-refractivity contribution in [3.05, 3.63) is 11.1 Å². The molecule has 3 heteroatoms. The average molecular weight is 133 g/mol. The number of amidine groups is 1. The van der Waals surface area contributed by atoms with Gasteiger partial charge in [-0.15, -0.1) is 0 Å². The van der Waals surface area contributed by atoms with Gasteiger partial charge < -0.3 is 5.73 Å². The van der Waals surface area contributed by atoms with Crippen molar-refractivity contribution in [3.8, 4) is 0 Å². The van der Waals surface area contributed by atoms with Crippen molar-refractivity contribution in [2.45, 2.75) is 6.92 Å². The molecule has 0 heterocycles. The Hall–Kier alpha value is -0.500. The van der Waals surface area contributed by atoms with Crippen molar-refractivity contribution in [1.29, 1.82) is 0 Å². The number of nitrogens with zero attached hydrogens (tertiary/aromatic N) is 1. The molecule has 2 N–H and O–H groups in total. The van der Waals surface area contributed by atoms with Gasteiger partial charge in [-0.05, 0) is 6.92 Å². The predicted molar refractivity (Wildman–Crippen MR) is 37.2 cm³/mol. The summed E-state index contributed by atoms with van der Waals surface area (Å²) in [6, 6.07) is 0. The molecule has 0 amide bonds. The number of hydrogen-bond donors (Lipinski definition) is 1. The normalized spacial score (nSPS) is 14.4. The molecule has 0 aliphatic rings. The Morgan fingerprint density at radius 1 is 1.75 bits per heavy atom. The zero-order valence-electron chi connectivity index (χ0n) is 4.98. The van der Waals surface area contributed by atoms with Crippen molar-refractivity contribution in [3.63, 3.8) is 0 Å². The molecule has 0 aromatic carbocycles. The van der Waals surface area contributed by atoms with Crippen LogP contribution in [0.5, 0.6) is 0 Å². The number of nitrogens with two attached hydrogens (primary N) is 1. The van der Waals surface area contributed by atoms with Gasteiger partial charge in [0.2, 0.25) is 0 Å². The maximum Gasteiger partial charge on any atom is 0.136 e. The number of allylic oxidation sites excluding steroid dienone is 1. The molecule has 0 spiro atoms. The van der Waals surface area contributed by atoms with Crippen LogP contribution in [0.3, 0.4) is 0 Å². The Morgan fingerprint density at radius 3 is 2.38 bits per heavy atom. The van der Waals surface area contributed by atoms with Gasteiger partial charge in [0.25, 0.3) is 0 Å². The minimum atomic E-state index is 0.383. The number of hydrogen-bond acceptors (Lipinski definition) is 1. The molecule has 0 saturated carbocycles. The molecule has 0 aromatic rings. The first-order valence-electron chi connectivity index (χ1n) is 2.26. The van der Waals surface area contributed by atoms with E-state index >= 15 is 0 Å². The molecule has 0 aliphatic heterocycles. The van der Waals surface area contributed by atoms with Crippen molar-refractivity contribution >= 4 is 17.4 Å². The van der Waals surface area contributed by atoms with E-state index in [0.29, 0.717) is 10.9 Å². The molecular weight excluding hydrogens is 124 g/mol. The molecule has 0 fully saturated rings. The molecule has 8 heavy (non-hydrogen) atoms. The third kappa shape index (κ3) is 1.98. The summed E-state index contributed by atoms with van der Waals surface area (Å²) >= 11 is 5.52. The lowest BCUT2D eigenvalue weighted by Gasteiger charge is -1.91. The summed E-state index contributed by atoms with van der Waals surface area (Å²) in [7, 11) is 1.60. The summed E-state index contributed by atoms with van der Waals surface area (Å²) in [4.78, 5) is 3.65. The summed E-state index contributed by atoms with van der Waals surface area (Å²) in [6.45, 7) is 1.81. The first-order valence-corrected chi connectivity index (χ1v) is 2.64. The Balaban J connectivity index is 4.04. The van der Waals surface area contributed by atoms with Crippen LogP contribution in [0.15, 0.2) is 16.1 Å². The number of rotatable bonds is 1. The van der Waals surface area contributed by atoms with Crippen molar-refractivity contribution in [1.82, 2.24) is 0 Å². The van der Waals surface area contributed by atoms with E-state index in [-0.39, 0.29) is 0 Å². The SMILES string of the molecule is C/C=C(/Cl)C(N)=NC. The molecule has 0 aliphatic carbocycles. The van der Waals surface area contributed by atoms with Gasteiger partial charge in [-0.3, -0.25) is 4.99 Å². The van der Waals surface area contributed by atoms with Gasteiger partial charge in [-0.25, -0.2) is 0 Å². The molecule has 0 unspecified atom stereocenters. The quantitative estimate of drug-likeness (QED) is 0.421. The fourth-order valence-corrected chi connectivity index (χ4v) is 0.339. The fourth-order valence-electron chi connectivity index (χ4n) is 0.255. The average Bonchev–Trinajstić information content (AvgIpc) is 1.84. The van der Waals surface area contributed by atoms with Crippen molar-refractivity contribution < 1.29 is 0 Å². The topological polar surface area (TPSA) is 38.4 Å². The van der Waals surface area contributed by atoms with E-state index in [9.17, 15) is 0 Å². The predicted octanol–water partition coefficient (Wildman–Crippen LogP) is 1.12. The Morgan fingerprint density at radius 2 is 2.25 bits per heavy atom. The van der Waals surface area contributed by atoms with Crippen LogP contribution in [0, 0.1) is 0 Å². The molecular formula is C5H9ClN2. The fraction of sp³-hybridized carbons (Fsp3) is 0.400. The van der Waals surface area contributed by atoms with E-state index in [1.807, 2.05) is 0 Å². The minimum absolute atomic E-state index is 0.383. The van der Waals surface area contributed by atoms with E-state index in [1.165, 1.54) is 0 Å². The second-order valence-electron chi connectivity index (χ2n) is 1.25. The minimum Gasteiger partial charge on any atom is -0.383 e. The van der Waals surface area contributed by atoms with Crippen LogP contribution in [-0.2, 0) is 0 Å². The summed E-state index contributed by atoms with van der Waals surface area (Å²) < 4.78 is 0. The second kappa shape index (κ2) is 3.50. The van der Waals surface area contributed by atoms with E-state index < -0.39 is 0 Å². The standard InChI is InChI=1S/C5H9ClN2/c1-3-4(6)5(7)8-2/h3H,1-2H3,(H2,7,8)/b4-3+. The van der Waals surface area contributed by atoms with Crippen LogP contribution in [0.25, 0.3) is 0 Å². The summed E-state index contributed by atoms with van der Waals surface area (Å²) in [6.07, 6.45) is 1.70. The molecule has 0 atom stereocenters. The highest BCUT2D eigenvalue weighted by molar-refractivity contribution is 6.42. The van der Waals surface area contributed by atoms with E-state index in [1.54, 1.807) is 20.0 Å². The summed E-state index contributed by atoms with van der Waals surface area (Å²) in [5, 5.41) is 0.507. The van der Waals surface area contributed by atoms with Gasteiger partial charge in [-0.2, -0.15) is 0 Å². The second-order valence-corrected chi connectivity index (χ2v) is 1.65. The third-order valence-corrected chi connectivity index (χ3v) is 1.15. The van der Waals surface area contributed by atoms with Crippen LogP contribution in [-0.4, -0.2) is 12.9 Å². The van der Waals surface area contributed by atoms with Crippen LogP contribution in [0.2, 0.25) is 0 Å². The highest BCUT2D eigenvalue weighted by atomic mass is 35.5. The van der Waals surface area contributed by atoms with Gasteiger partial charge in [0, 0.05) is 7.05 Å². The lowest BCUT2D eigenvalue weighted by atomic mass is 10.5. The Bertz CT molecular complexity index is 110. The van der Waals surface area contributed by atoms with Crippen LogP contribution in [0.4, 0.5) is 0 Å². The van der Waals surface area contributed by atoms with Gasteiger partial charge in [0.15, 0.2) is 0 Å². The van der Waals surface area contributed by atoms with E-state index in [4.69, 9.17) is 17.3 Å². The Labute approximate surface area is 54.0 Å². The molecule has 0 saturated heterocycles. The summed E-state index contributed by atoms with van der Waals surface area (Å²) in [5.74, 6) is 0.383. The highest BCUT2D eigenvalue weighted by Crippen LogP contribution is 1.98. The first-order chi connectivity index (χ1) is 3.72. The van der Waals surface area contributed by atoms with Gasteiger partial charge in [-0.1, -0.05) is 17.7 Å². The van der Waals surface area contributed by atoms with Crippen LogP contribution in [0.1, 0.15) is 6.92 Å². The first kappa shape index (κ1) is 7.50. The molecule has 0 aromatic heterocycles. The third-order valence-electron chi connectivity index (χ3n) is 0.739. The lowest BCUT2D eigenvalue weighted by Crippen LogP contribution is -2.10. The van der Waals surface area contributed by atoms with Crippen molar-refractivity contribution in [2.24, 2.45) is 10.7 Å². The van der Waals surface area contributed by atoms with Gasteiger partial charge in [0.1, 0.15) is 5.84 Å². The molecule has 0 rings (SSSR count). The monoisotopic (exact) mass is 132 g/mol. The maximum absolute atomic E-state index is 5.52. The maximum atomic E-state index is 5.52. The van der Waals surface area contributed by atoms with Crippen molar-refractivity contribution in [2.75, 3.05) is 7.05 Å². The molecule has 0 bridgehead atoms. The zero-order chi connectivity index (χ0) is 6.57.